The summed E-state index contributed by atoms with van der Waals surface area (Å²) in [4.78, 5) is 22.6. The molecule has 0 bridgehead atoms. The number of nitrogens with zero attached hydrogens (tertiary/aromatic N) is 3. The quantitative estimate of drug-likeness (QED) is 0.742. The van der Waals surface area contributed by atoms with Crippen molar-refractivity contribution in [1.82, 2.24) is 9.88 Å². The number of hydrogen-bond acceptors (Lipinski definition) is 5. The number of benzene rings is 2. The van der Waals surface area contributed by atoms with Crippen molar-refractivity contribution in [3.63, 3.8) is 0 Å². The van der Waals surface area contributed by atoms with Crippen LogP contribution in [0.1, 0.15) is 20.2 Å². The number of anilines is 1. The molecule has 5 rings (SSSR count). The Morgan fingerprint density at radius 1 is 1.14 bits per heavy atom. The predicted molar refractivity (Wildman–Crippen MR) is 111 cm³/mol. The molecule has 0 radical (unpaired) electrons. The van der Waals surface area contributed by atoms with E-state index >= 15 is 0 Å². The summed E-state index contributed by atoms with van der Waals surface area (Å²) < 4.78 is 0. The van der Waals surface area contributed by atoms with E-state index in [1.54, 1.807) is 6.20 Å². The molecule has 142 valence electrons. The number of amides is 1. The molecule has 1 saturated heterocycles. The van der Waals surface area contributed by atoms with E-state index in [4.69, 9.17) is 0 Å². The smallest absolute Gasteiger partial charge is 0.287 e. The zero-order valence-electron chi connectivity index (χ0n) is 15.4. The number of β-amino-alcohol motifs (C(OH)–C–C–N with tert-alkyl or cyclic N) is 1. The van der Waals surface area contributed by atoms with Gasteiger partial charge in [-0.3, -0.25) is 9.69 Å². The minimum absolute atomic E-state index is 0.0242. The summed E-state index contributed by atoms with van der Waals surface area (Å²) >= 11 is 1.46. The van der Waals surface area contributed by atoms with Crippen molar-refractivity contribution in [2.24, 2.45) is 0 Å². The Morgan fingerprint density at radius 3 is 2.75 bits per heavy atom. The number of aromatic nitrogens is 1. The molecule has 28 heavy (non-hydrogen) atoms. The van der Waals surface area contributed by atoms with Crippen LogP contribution in [0.3, 0.4) is 0 Å². The van der Waals surface area contributed by atoms with Gasteiger partial charge in [-0.25, -0.2) is 4.98 Å². The van der Waals surface area contributed by atoms with Crippen LogP contribution in [-0.2, 0) is 13.0 Å². The van der Waals surface area contributed by atoms with E-state index in [9.17, 15) is 9.90 Å². The van der Waals surface area contributed by atoms with Crippen LogP contribution in [0.5, 0.6) is 0 Å². The maximum Gasteiger partial charge on any atom is 0.287 e. The summed E-state index contributed by atoms with van der Waals surface area (Å²) in [5, 5.41) is 9.95. The lowest BCUT2D eigenvalue weighted by Gasteiger charge is -2.35. The second-order valence-corrected chi connectivity index (χ2v) is 8.47. The van der Waals surface area contributed by atoms with Gasteiger partial charge in [-0.15, -0.1) is 11.3 Å². The van der Waals surface area contributed by atoms with Gasteiger partial charge >= 0.3 is 0 Å². The first kappa shape index (κ1) is 17.6. The van der Waals surface area contributed by atoms with Crippen LogP contribution in [0.2, 0.25) is 0 Å². The van der Waals surface area contributed by atoms with Gasteiger partial charge in [0.1, 0.15) is 0 Å². The maximum absolute atomic E-state index is 13.1. The number of aliphatic hydroxyl groups excluding tert-OH is 1. The van der Waals surface area contributed by atoms with E-state index in [2.05, 4.69) is 28.1 Å². The van der Waals surface area contributed by atoms with Crippen molar-refractivity contribution in [1.29, 1.82) is 0 Å². The van der Waals surface area contributed by atoms with Gasteiger partial charge in [0.25, 0.3) is 5.91 Å². The van der Waals surface area contributed by atoms with Gasteiger partial charge in [0.05, 0.1) is 6.10 Å². The summed E-state index contributed by atoms with van der Waals surface area (Å²) in [6.07, 6.45) is 2.43. The highest BCUT2D eigenvalue weighted by Gasteiger charge is 2.30. The highest BCUT2D eigenvalue weighted by atomic mass is 32.1. The third kappa shape index (κ3) is 3.13. The number of carbonyl (C=O) groups is 1. The average Bonchev–Trinajstić information content (AvgIpc) is 3.34. The fraction of sp³-hybridized carbons (Fsp3) is 0.273. The van der Waals surface area contributed by atoms with Gasteiger partial charge in [-0.1, -0.05) is 42.5 Å². The minimum atomic E-state index is -0.214. The second kappa shape index (κ2) is 7.13. The van der Waals surface area contributed by atoms with Crippen molar-refractivity contribution >= 4 is 22.9 Å². The van der Waals surface area contributed by atoms with Gasteiger partial charge in [-0.2, -0.15) is 0 Å². The lowest BCUT2D eigenvalue weighted by atomic mass is 9.98. The van der Waals surface area contributed by atoms with E-state index in [-0.39, 0.29) is 12.0 Å². The third-order valence-electron chi connectivity index (χ3n) is 5.41. The average molecular weight is 391 g/mol. The number of hydrogen-bond donors (Lipinski definition) is 1. The zero-order chi connectivity index (χ0) is 19.1. The fourth-order valence-corrected chi connectivity index (χ4v) is 4.92. The Balaban J connectivity index is 1.38. The molecule has 3 aromatic rings. The second-order valence-electron chi connectivity index (χ2n) is 7.36. The van der Waals surface area contributed by atoms with Gasteiger partial charge in [0, 0.05) is 42.9 Å². The third-order valence-corrected chi connectivity index (χ3v) is 6.38. The SMILES string of the molecule is O=C(c1ncc(CN2CC(O)C2)s1)N1CCc2c(-c3ccccc3)cccc21. The van der Waals surface area contributed by atoms with Gasteiger partial charge in [0.15, 0.2) is 5.01 Å². The van der Waals surface area contributed by atoms with Crippen molar-refractivity contribution in [2.75, 3.05) is 24.5 Å². The molecule has 5 nitrogen and oxygen atoms in total. The molecule has 1 N–H and O–H groups in total. The Bertz CT molecular complexity index is 1010. The lowest BCUT2D eigenvalue weighted by Crippen LogP contribution is -2.49. The number of aliphatic hydroxyl groups is 1. The number of fused-ring (bicyclic) bond motifs is 1. The van der Waals surface area contributed by atoms with Crippen molar-refractivity contribution in [2.45, 2.75) is 19.1 Å². The predicted octanol–water partition coefficient (Wildman–Crippen LogP) is 3.19. The summed E-state index contributed by atoms with van der Waals surface area (Å²) in [5.41, 5.74) is 4.61. The highest BCUT2D eigenvalue weighted by molar-refractivity contribution is 7.13. The standard InChI is InChI=1S/C22H21N3O2S/c26-16-12-24(13-16)14-17-11-23-21(28-17)22(27)25-10-9-19-18(7-4-8-20(19)25)15-5-2-1-3-6-15/h1-8,11,16,26H,9-10,12-14H2. The van der Waals surface area contributed by atoms with E-state index in [1.807, 2.05) is 35.2 Å². The van der Waals surface area contributed by atoms with Crippen LogP contribution in [0.4, 0.5) is 5.69 Å². The monoisotopic (exact) mass is 391 g/mol. The van der Waals surface area contributed by atoms with E-state index in [0.717, 1.165) is 23.5 Å². The molecule has 1 amide bonds. The van der Waals surface area contributed by atoms with Crippen LogP contribution in [0.25, 0.3) is 11.1 Å². The van der Waals surface area contributed by atoms with Crippen molar-refractivity contribution in [3.05, 3.63) is 70.2 Å². The van der Waals surface area contributed by atoms with Crippen LogP contribution < -0.4 is 4.90 Å². The zero-order valence-corrected chi connectivity index (χ0v) is 16.2. The molecule has 0 aliphatic carbocycles. The maximum atomic E-state index is 13.1. The first-order valence-electron chi connectivity index (χ1n) is 9.53. The summed E-state index contributed by atoms with van der Waals surface area (Å²) in [6.45, 7) is 2.83. The number of rotatable bonds is 4. The molecule has 0 saturated carbocycles. The molecule has 0 spiro atoms. The first-order chi connectivity index (χ1) is 13.7. The molecule has 0 atom stereocenters. The van der Waals surface area contributed by atoms with Gasteiger partial charge in [-0.05, 0) is 29.2 Å². The summed E-state index contributed by atoms with van der Waals surface area (Å²) in [7, 11) is 0. The Labute approximate surface area is 167 Å². The van der Waals surface area contributed by atoms with Crippen LogP contribution in [-0.4, -0.2) is 46.6 Å². The largest absolute Gasteiger partial charge is 0.390 e. The number of thiazole rings is 1. The molecule has 1 fully saturated rings. The topological polar surface area (TPSA) is 56.7 Å². The van der Waals surface area contributed by atoms with Crippen molar-refractivity contribution in [3.8, 4) is 11.1 Å². The molecule has 2 aliphatic rings. The minimum Gasteiger partial charge on any atom is -0.390 e. The highest BCUT2D eigenvalue weighted by Crippen LogP contribution is 2.37. The first-order valence-corrected chi connectivity index (χ1v) is 10.3. The molecule has 2 aromatic carbocycles. The molecule has 6 heteroatoms. The fourth-order valence-electron chi connectivity index (χ4n) is 4.02. The van der Waals surface area contributed by atoms with E-state index in [1.165, 1.54) is 28.0 Å². The molecule has 3 heterocycles. The number of carbonyl (C=O) groups excluding carboxylic acids is 1. The normalized spacial score (nSPS) is 16.8. The van der Waals surface area contributed by atoms with Crippen LogP contribution in [0.15, 0.2) is 54.7 Å². The van der Waals surface area contributed by atoms with Crippen LogP contribution >= 0.6 is 11.3 Å². The van der Waals surface area contributed by atoms with Gasteiger partial charge in [0.2, 0.25) is 0 Å². The van der Waals surface area contributed by atoms with E-state index < -0.39 is 0 Å². The summed E-state index contributed by atoms with van der Waals surface area (Å²) in [6, 6.07) is 16.5. The Morgan fingerprint density at radius 2 is 1.96 bits per heavy atom. The Hall–Kier alpha value is -2.54. The molecule has 2 aliphatic heterocycles. The number of likely N-dealkylation sites (tertiary alicyclic amines) is 1. The Kier molecular flexibility index (Phi) is 4.47. The molecular weight excluding hydrogens is 370 g/mol. The lowest BCUT2D eigenvalue weighted by molar-refractivity contribution is -0.00232. The van der Waals surface area contributed by atoms with Crippen molar-refractivity contribution < 1.29 is 9.90 Å². The molecule has 0 unspecified atom stereocenters. The molecular formula is C22H21N3O2S. The summed E-state index contributed by atoms with van der Waals surface area (Å²) in [5.74, 6) is -0.0242. The van der Waals surface area contributed by atoms with Gasteiger partial charge < -0.3 is 10.0 Å². The van der Waals surface area contributed by atoms with Crippen LogP contribution in [0, 0.1) is 0 Å². The van der Waals surface area contributed by atoms with E-state index in [0.29, 0.717) is 24.6 Å². The molecule has 1 aromatic heterocycles.